The number of aliphatic hydroxyl groups is 1. The van der Waals surface area contributed by atoms with Gasteiger partial charge in [0.1, 0.15) is 0 Å². The van der Waals surface area contributed by atoms with Crippen LogP contribution >= 0.6 is 11.3 Å². The van der Waals surface area contributed by atoms with Crippen molar-refractivity contribution in [3.63, 3.8) is 0 Å². The molecular weight excluding hydrogens is 230 g/mol. The van der Waals surface area contributed by atoms with Crippen molar-refractivity contribution >= 4 is 11.3 Å². The van der Waals surface area contributed by atoms with Crippen LogP contribution < -0.4 is 0 Å². The maximum absolute atomic E-state index is 10.8. The first kappa shape index (κ1) is 14.7. The third-order valence-electron chi connectivity index (χ3n) is 2.75. The topological polar surface area (TPSA) is 33.1 Å². The third kappa shape index (κ3) is 5.17. The number of hydrogen-bond acceptors (Lipinski definition) is 3. The first-order valence-corrected chi connectivity index (χ1v) is 7.32. The van der Waals surface area contributed by atoms with Gasteiger partial charge in [-0.15, -0.1) is 11.3 Å². The first-order chi connectivity index (χ1) is 7.81. The fraction of sp³-hybridized carbons (Fsp3) is 0.786. The van der Waals surface area contributed by atoms with Gasteiger partial charge in [0.05, 0.1) is 16.3 Å². The molecule has 1 heterocycles. The Balaban J connectivity index is 2.75. The highest BCUT2D eigenvalue weighted by molar-refractivity contribution is 7.09. The molecule has 0 unspecified atom stereocenters. The SMILES string of the molecule is Cc1nc(CC(O)(CC(C)C)CC(C)C)cs1. The molecule has 1 aromatic rings. The smallest absolute Gasteiger partial charge is 0.0897 e. The summed E-state index contributed by atoms with van der Waals surface area (Å²) in [5.41, 5.74) is 0.444. The van der Waals surface area contributed by atoms with E-state index < -0.39 is 5.60 Å². The van der Waals surface area contributed by atoms with Crippen LogP contribution in [0, 0.1) is 18.8 Å². The lowest BCUT2D eigenvalue weighted by Gasteiger charge is -2.31. The van der Waals surface area contributed by atoms with Crippen molar-refractivity contribution in [2.75, 3.05) is 0 Å². The quantitative estimate of drug-likeness (QED) is 0.838. The second-order valence-electron chi connectivity index (χ2n) is 5.95. The van der Waals surface area contributed by atoms with Crippen molar-refractivity contribution < 1.29 is 5.11 Å². The molecule has 2 nitrogen and oxygen atoms in total. The van der Waals surface area contributed by atoms with Crippen LogP contribution in [0.15, 0.2) is 5.38 Å². The normalized spacial score (nSPS) is 12.7. The van der Waals surface area contributed by atoms with Gasteiger partial charge in [0.25, 0.3) is 0 Å². The zero-order valence-corrected chi connectivity index (χ0v) is 12.5. The van der Waals surface area contributed by atoms with Crippen LogP contribution in [0.5, 0.6) is 0 Å². The van der Waals surface area contributed by atoms with Gasteiger partial charge in [0.2, 0.25) is 0 Å². The van der Waals surface area contributed by atoms with E-state index in [1.54, 1.807) is 11.3 Å². The highest BCUT2D eigenvalue weighted by Crippen LogP contribution is 2.29. The zero-order valence-electron chi connectivity index (χ0n) is 11.7. The van der Waals surface area contributed by atoms with E-state index in [-0.39, 0.29) is 0 Å². The van der Waals surface area contributed by atoms with Crippen molar-refractivity contribution in [2.45, 2.75) is 59.5 Å². The molecule has 0 saturated carbocycles. The summed E-state index contributed by atoms with van der Waals surface area (Å²) in [5.74, 6) is 1.02. The highest BCUT2D eigenvalue weighted by atomic mass is 32.1. The van der Waals surface area contributed by atoms with Crippen molar-refractivity contribution in [1.82, 2.24) is 4.98 Å². The van der Waals surface area contributed by atoms with Crippen molar-refractivity contribution in [2.24, 2.45) is 11.8 Å². The van der Waals surface area contributed by atoms with Crippen LogP contribution in [0.4, 0.5) is 0 Å². The van der Waals surface area contributed by atoms with Gasteiger partial charge in [0.15, 0.2) is 0 Å². The number of aryl methyl sites for hydroxylation is 1. The van der Waals surface area contributed by atoms with Gasteiger partial charge in [-0.2, -0.15) is 0 Å². The molecule has 1 rings (SSSR count). The Kier molecular flexibility index (Phi) is 5.14. The van der Waals surface area contributed by atoms with Gasteiger partial charge in [-0.05, 0) is 31.6 Å². The minimum Gasteiger partial charge on any atom is -0.389 e. The van der Waals surface area contributed by atoms with E-state index >= 15 is 0 Å². The fourth-order valence-corrected chi connectivity index (χ4v) is 3.19. The zero-order chi connectivity index (χ0) is 13.1. The molecule has 98 valence electrons. The molecule has 0 spiro atoms. The first-order valence-electron chi connectivity index (χ1n) is 6.44. The Morgan fingerprint density at radius 3 is 2.12 bits per heavy atom. The van der Waals surface area contributed by atoms with E-state index in [1.165, 1.54) is 0 Å². The molecule has 0 aliphatic heterocycles. The predicted molar refractivity (Wildman–Crippen MR) is 74.4 cm³/mol. The van der Waals surface area contributed by atoms with Gasteiger partial charge in [0, 0.05) is 11.8 Å². The van der Waals surface area contributed by atoms with Crippen LogP contribution in [0.2, 0.25) is 0 Å². The number of aromatic nitrogens is 1. The fourth-order valence-electron chi connectivity index (χ4n) is 2.57. The van der Waals surface area contributed by atoms with Crippen LogP contribution in [-0.2, 0) is 6.42 Å². The van der Waals surface area contributed by atoms with E-state index in [0.29, 0.717) is 18.3 Å². The molecule has 0 aliphatic rings. The molecule has 0 aliphatic carbocycles. The monoisotopic (exact) mass is 255 g/mol. The number of thiazole rings is 1. The molecule has 1 aromatic heterocycles. The van der Waals surface area contributed by atoms with E-state index in [4.69, 9.17) is 0 Å². The molecule has 17 heavy (non-hydrogen) atoms. The van der Waals surface area contributed by atoms with Crippen molar-refractivity contribution in [1.29, 1.82) is 0 Å². The summed E-state index contributed by atoms with van der Waals surface area (Å²) in [4.78, 5) is 4.47. The summed E-state index contributed by atoms with van der Waals surface area (Å²) in [6, 6.07) is 0. The molecule has 0 amide bonds. The molecule has 0 saturated heterocycles. The van der Waals surface area contributed by atoms with Crippen LogP contribution in [0.25, 0.3) is 0 Å². The number of nitrogens with zero attached hydrogens (tertiary/aromatic N) is 1. The highest BCUT2D eigenvalue weighted by Gasteiger charge is 2.30. The average molecular weight is 255 g/mol. The van der Waals surface area contributed by atoms with Crippen molar-refractivity contribution in [3.8, 4) is 0 Å². The Morgan fingerprint density at radius 1 is 1.24 bits per heavy atom. The van der Waals surface area contributed by atoms with Crippen LogP contribution in [-0.4, -0.2) is 15.7 Å². The van der Waals surface area contributed by atoms with Gasteiger partial charge in [-0.3, -0.25) is 0 Å². The van der Waals surface area contributed by atoms with Crippen LogP contribution in [0.1, 0.15) is 51.2 Å². The molecule has 0 atom stereocenters. The van der Waals surface area contributed by atoms with Crippen LogP contribution in [0.3, 0.4) is 0 Å². The predicted octanol–water partition coefficient (Wildman–Crippen LogP) is 3.82. The summed E-state index contributed by atoms with van der Waals surface area (Å²) in [6.45, 7) is 10.7. The van der Waals surface area contributed by atoms with E-state index in [0.717, 1.165) is 23.5 Å². The lowest BCUT2D eigenvalue weighted by Crippen LogP contribution is -2.35. The molecule has 0 aromatic carbocycles. The van der Waals surface area contributed by atoms with Gasteiger partial charge < -0.3 is 5.11 Å². The van der Waals surface area contributed by atoms with Gasteiger partial charge >= 0.3 is 0 Å². The molecular formula is C14H25NOS. The third-order valence-corrected chi connectivity index (χ3v) is 3.58. The molecule has 0 fully saturated rings. The Morgan fingerprint density at radius 2 is 1.76 bits per heavy atom. The Labute approximate surface area is 109 Å². The molecule has 1 N–H and O–H groups in total. The second kappa shape index (κ2) is 5.96. The number of hydrogen-bond donors (Lipinski definition) is 1. The Hall–Kier alpha value is -0.410. The summed E-state index contributed by atoms with van der Waals surface area (Å²) in [6.07, 6.45) is 2.39. The standard InChI is InChI=1S/C14H25NOS/c1-10(2)6-14(16,7-11(3)4)8-13-9-17-12(5)15-13/h9-11,16H,6-8H2,1-5H3. The molecule has 3 heteroatoms. The van der Waals surface area contributed by atoms with E-state index in [2.05, 4.69) is 38.1 Å². The lowest BCUT2D eigenvalue weighted by atomic mass is 9.82. The largest absolute Gasteiger partial charge is 0.389 e. The summed E-state index contributed by atoms with van der Waals surface area (Å²) >= 11 is 1.66. The maximum atomic E-state index is 10.8. The van der Waals surface area contributed by atoms with Crippen molar-refractivity contribution in [3.05, 3.63) is 16.1 Å². The minimum absolute atomic E-state index is 0.512. The molecule has 0 radical (unpaired) electrons. The Bertz CT molecular complexity index is 334. The minimum atomic E-state index is -0.594. The summed E-state index contributed by atoms with van der Waals surface area (Å²) in [5, 5.41) is 13.9. The average Bonchev–Trinajstić information content (AvgIpc) is 2.46. The maximum Gasteiger partial charge on any atom is 0.0897 e. The summed E-state index contributed by atoms with van der Waals surface area (Å²) in [7, 11) is 0. The van der Waals surface area contributed by atoms with Gasteiger partial charge in [-0.1, -0.05) is 27.7 Å². The van der Waals surface area contributed by atoms with E-state index in [1.807, 2.05) is 6.92 Å². The van der Waals surface area contributed by atoms with E-state index in [9.17, 15) is 5.11 Å². The molecule has 0 bridgehead atoms. The second-order valence-corrected chi connectivity index (χ2v) is 7.02. The number of rotatable bonds is 6. The summed E-state index contributed by atoms with van der Waals surface area (Å²) < 4.78 is 0. The lowest BCUT2D eigenvalue weighted by molar-refractivity contribution is 0.0000458. The van der Waals surface area contributed by atoms with Gasteiger partial charge in [-0.25, -0.2) is 4.98 Å².